The van der Waals surface area contributed by atoms with Gasteiger partial charge >= 0.3 is 5.97 Å². The van der Waals surface area contributed by atoms with Crippen LogP contribution in [-0.2, 0) is 11.2 Å². The zero-order valence-corrected chi connectivity index (χ0v) is 12.1. The Balaban J connectivity index is 1.92. The highest BCUT2D eigenvalue weighted by Crippen LogP contribution is 2.35. The number of carbonyl (C=O) groups is 2. The molecule has 0 saturated carbocycles. The van der Waals surface area contributed by atoms with Crippen LogP contribution in [0, 0.1) is 0 Å². The lowest BCUT2D eigenvalue weighted by molar-refractivity contribution is -0.148. The van der Waals surface area contributed by atoms with Gasteiger partial charge in [-0.25, -0.2) is 4.79 Å². The zero-order valence-electron chi connectivity index (χ0n) is 12.1. The Bertz CT molecular complexity index is 598. The summed E-state index contributed by atoms with van der Waals surface area (Å²) in [4.78, 5) is 26.0. The van der Waals surface area contributed by atoms with E-state index in [0.717, 1.165) is 24.2 Å². The number of benzene rings is 1. The molecule has 0 radical (unpaired) electrons. The highest BCUT2D eigenvalue weighted by Gasteiger charge is 2.48. The average Bonchev–Trinajstić information content (AvgIpc) is 3.12. The SMILES string of the molecule is CCC1(C(=O)O)CCCN1C(=O)c1ccc2c(c1)CCO2. The summed E-state index contributed by atoms with van der Waals surface area (Å²) in [6, 6.07) is 5.37. The van der Waals surface area contributed by atoms with Crippen LogP contribution in [0.4, 0.5) is 0 Å². The summed E-state index contributed by atoms with van der Waals surface area (Å²) in [6.07, 6.45) is 2.50. The van der Waals surface area contributed by atoms with Crippen molar-refractivity contribution in [2.24, 2.45) is 0 Å². The van der Waals surface area contributed by atoms with Crippen molar-refractivity contribution in [1.82, 2.24) is 4.90 Å². The van der Waals surface area contributed by atoms with Crippen LogP contribution in [-0.4, -0.2) is 40.6 Å². The van der Waals surface area contributed by atoms with Gasteiger partial charge in [-0.05, 0) is 43.0 Å². The van der Waals surface area contributed by atoms with Crippen molar-refractivity contribution >= 4 is 11.9 Å². The molecule has 3 rings (SSSR count). The minimum atomic E-state index is -1.05. The number of amides is 1. The monoisotopic (exact) mass is 289 g/mol. The number of ether oxygens (including phenoxy) is 1. The maximum atomic E-state index is 12.7. The van der Waals surface area contributed by atoms with Crippen LogP contribution in [0.25, 0.3) is 0 Å². The van der Waals surface area contributed by atoms with E-state index in [0.29, 0.717) is 31.6 Å². The molecule has 112 valence electrons. The minimum absolute atomic E-state index is 0.188. The van der Waals surface area contributed by atoms with E-state index in [2.05, 4.69) is 0 Å². The Kier molecular flexibility index (Phi) is 3.35. The van der Waals surface area contributed by atoms with E-state index in [-0.39, 0.29) is 5.91 Å². The van der Waals surface area contributed by atoms with Crippen molar-refractivity contribution in [3.05, 3.63) is 29.3 Å². The summed E-state index contributed by atoms with van der Waals surface area (Å²) < 4.78 is 5.44. The van der Waals surface area contributed by atoms with Gasteiger partial charge in [0, 0.05) is 18.5 Å². The van der Waals surface area contributed by atoms with Gasteiger partial charge in [-0.2, -0.15) is 0 Å². The molecule has 2 aliphatic heterocycles. The number of hydrogen-bond donors (Lipinski definition) is 1. The van der Waals surface area contributed by atoms with Crippen LogP contribution in [0.5, 0.6) is 5.75 Å². The molecule has 1 fully saturated rings. The van der Waals surface area contributed by atoms with E-state index in [1.165, 1.54) is 4.90 Å². The van der Waals surface area contributed by atoms with E-state index in [1.54, 1.807) is 12.1 Å². The summed E-state index contributed by atoms with van der Waals surface area (Å²) in [5.74, 6) is -0.264. The fourth-order valence-electron chi connectivity index (χ4n) is 3.39. The van der Waals surface area contributed by atoms with Gasteiger partial charge in [0.05, 0.1) is 6.61 Å². The van der Waals surface area contributed by atoms with E-state index in [9.17, 15) is 14.7 Å². The molecule has 1 aromatic rings. The topological polar surface area (TPSA) is 66.8 Å². The van der Waals surface area contributed by atoms with Gasteiger partial charge in [-0.15, -0.1) is 0 Å². The van der Waals surface area contributed by atoms with Crippen molar-refractivity contribution in [3.8, 4) is 5.75 Å². The molecule has 5 heteroatoms. The number of carboxylic acids is 1. The lowest BCUT2D eigenvalue weighted by Crippen LogP contribution is -2.52. The third-order valence-electron chi connectivity index (χ3n) is 4.65. The summed E-state index contributed by atoms with van der Waals surface area (Å²) in [5, 5.41) is 9.57. The first-order valence-electron chi connectivity index (χ1n) is 7.39. The standard InChI is InChI=1S/C16H19NO4/c1-2-16(15(19)20)7-3-8-17(16)14(18)12-4-5-13-11(10-12)6-9-21-13/h4-5,10H,2-3,6-9H2,1H3,(H,19,20). The Morgan fingerprint density at radius 2 is 2.24 bits per heavy atom. The van der Waals surface area contributed by atoms with Crippen LogP contribution in [0.1, 0.15) is 42.1 Å². The van der Waals surface area contributed by atoms with Crippen molar-refractivity contribution < 1.29 is 19.4 Å². The van der Waals surface area contributed by atoms with E-state index >= 15 is 0 Å². The predicted octanol–water partition coefficient (Wildman–Crippen LogP) is 2.09. The Morgan fingerprint density at radius 1 is 1.43 bits per heavy atom. The van der Waals surface area contributed by atoms with Gasteiger partial charge < -0.3 is 14.7 Å². The van der Waals surface area contributed by atoms with Gasteiger partial charge in [0.25, 0.3) is 5.91 Å². The van der Waals surface area contributed by atoms with Crippen LogP contribution in [0.15, 0.2) is 18.2 Å². The second-order valence-electron chi connectivity index (χ2n) is 5.67. The van der Waals surface area contributed by atoms with Crippen LogP contribution >= 0.6 is 0 Å². The van der Waals surface area contributed by atoms with Crippen LogP contribution in [0.3, 0.4) is 0 Å². The number of nitrogens with zero attached hydrogens (tertiary/aromatic N) is 1. The molecule has 0 spiro atoms. The molecule has 2 aliphatic rings. The molecule has 2 heterocycles. The number of likely N-dealkylation sites (tertiary alicyclic amines) is 1. The van der Waals surface area contributed by atoms with Gasteiger partial charge in [-0.1, -0.05) is 6.92 Å². The number of carboxylic acid groups (broad SMARTS) is 1. The van der Waals surface area contributed by atoms with Crippen molar-refractivity contribution in [2.75, 3.05) is 13.2 Å². The van der Waals surface area contributed by atoms with Crippen LogP contribution < -0.4 is 4.74 Å². The first-order valence-corrected chi connectivity index (χ1v) is 7.39. The number of rotatable bonds is 3. The maximum Gasteiger partial charge on any atom is 0.329 e. The summed E-state index contributed by atoms with van der Waals surface area (Å²) >= 11 is 0. The molecule has 1 saturated heterocycles. The second kappa shape index (κ2) is 5.06. The largest absolute Gasteiger partial charge is 0.493 e. The first-order chi connectivity index (χ1) is 10.1. The van der Waals surface area contributed by atoms with E-state index < -0.39 is 11.5 Å². The molecule has 1 unspecified atom stereocenters. The minimum Gasteiger partial charge on any atom is -0.493 e. The average molecular weight is 289 g/mol. The maximum absolute atomic E-state index is 12.7. The third kappa shape index (κ3) is 2.07. The normalized spacial score (nSPS) is 23.8. The molecule has 1 aromatic carbocycles. The van der Waals surface area contributed by atoms with E-state index in [1.807, 2.05) is 13.0 Å². The van der Waals surface area contributed by atoms with Crippen molar-refractivity contribution in [3.63, 3.8) is 0 Å². The van der Waals surface area contributed by atoms with Gasteiger partial charge in [0.1, 0.15) is 11.3 Å². The number of hydrogen-bond acceptors (Lipinski definition) is 3. The molecule has 1 atom stereocenters. The van der Waals surface area contributed by atoms with Crippen LogP contribution in [0.2, 0.25) is 0 Å². The molecule has 21 heavy (non-hydrogen) atoms. The van der Waals surface area contributed by atoms with E-state index in [4.69, 9.17) is 4.74 Å². The summed E-state index contributed by atoms with van der Waals surface area (Å²) in [5.41, 5.74) is 0.532. The number of aliphatic carboxylic acids is 1. The first kappa shape index (κ1) is 13.9. The predicted molar refractivity (Wildman–Crippen MR) is 76.6 cm³/mol. The van der Waals surface area contributed by atoms with Crippen molar-refractivity contribution in [1.29, 1.82) is 0 Å². The molecule has 1 amide bonds. The van der Waals surface area contributed by atoms with Gasteiger partial charge in [0.2, 0.25) is 0 Å². The Morgan fingerprint density at radius 3 is 2.95 bits per heavy atom. The number of fused-ring (bicyclic) bond motifs is 1. The molecular formula is C16H19NO4. The van der Waals surface area contributed by atoms with Gasteiger partial charge in [0.15, 0.2) is 0 Å². The fourth-order valence-corrected chi connectivity index (χ4v) is 3.39. The lowest BCUT2D eigenvalue weighted by atomic mass is 9.92. The zero-order chi connectivity index (χ0) is 15.0. The Labute approximate surface area is 123 Å². The third-order valence-corrected chi connectivity index (χ3v) is 4.65. The molecular weight excluding hydrogens is 270 g/mol. The quantitative estimate of drug-likeness (QED) is 0.925. The smallest absolute Gasteiger partial charge is 0.329 e. The highest BCUT2D eigenvalue weighted by molar-refractivity contribution is 5.98. The molecule has 0 bridgehead atoms. The van der Waals surface area contributed by atoms with Gasteiger partial charge in [-0.3, -0.25) is 4.79 Å². The summed E-state index contributed by atoms with van der Waals surface area (Å²) in [6.45, 7) is 2.98. The molecule has 5 nitrogen and oxygen atoms in total. The second-order valence-corrected chi connectivity index (χ2v) is 5.67. The molecule has 0 aliphatic carbocycles. The Hall–Kier alpha value is -2.04. The summed E-state index contributed by atoms with van der Waals surface area (Å²) in [7, 11) is 0. The van der Waals surface area contributed by atoms with Crippen molar-refractivity contribution in [2.45, 2.75) is 38.1 Å². The lowest BCUT2D eigenvalue weighted by Gasteiger charge is -2.34. The number of carbonyl (C=O) groups excluding carboxylic acids is 1. The highest BCUT2D eigenvalue weighted by atomic mass is 16.5. The fraction of sp³-hybridized carbons (Fsp3) is 0.500. The molecule has 1 N–H and O–H groups in total. The molecule has 0 aromatic heterocycles.